The van der Waals surface area contributed by atoms with Crippen LogP contribution in [0.1, 0.15) is 10.4 Å². The van der Waals surface area contributed by atoms with E-state index in [4.69, 9.17) is 5.11 Å². The van der Waals surface area contributed by atoms with Gasteiger partial charge in [0.15, 0.2) is 0 Å². The number of amides is 2. The van der Waals surface area contributed by atoms with Gasteiger partial charge in [0.25, 0.3) is 5.91 Å². The zero-order chi connectivity index (χ0) is 11.5. The van der Waals surface area contributed by atoms with Crippen molar-refractivity contribution in [1.29, 1.82) is 0 Å². The lowest BCUT2D eigenvalue weighted by Gasteiger charge is -2.26. The van der Waals surface area contributed by atoms with Gasteiger partial charge in [0, 0.05) is 18.7 Å². The highest BCUT2D eigenvalue weighted by atomic mass is 16.3. The first-order valence-electron chi connectivity index (χ1n) is 5.02. The van der Waals surface area contributed by atoms with Gasteiger partial charge in [0.05, 0.1) is 6.54 Å². The van der Waals surface area contributed by atoms with Crippen LogP contribution in [0.3, 0.4) is 0 Å². The second-order valence-electron chi connectivity index (χ2n) is 3.62. The first-order valence-corrected chi connectivity index (χ1v) is 5.02. The fraction of sp³-hybridized carbons (Fsp3) is 0.273. The fourth-order valence-electron chi connectivity index (χ4n) is 1.60. The van der Waals surface area contributed by atoms with Crippen molar-refractivity contribution in [2.75, 3.05) is 19.6 Å². The quantitative estimate of drug-likeness (QED) is 0.698. The third kappa shape index (κ3) is 2.13. The van der Waals surface area contributed by atoms with E-state index in [9.17, 15) is 9.59 Å². The molecule has 0 unspecified atom stereocenters. The van der Waals surface area contributed by atoms with E-state index in [0.717, 1.165) is 0 Å². The number of piperazine rings is 1. The Kier molecular flexibility index (Phi) is 2.76. The summed E-state index contributed by atoms with van der Waals surface area (Å²) in [5.74, 6) is -0.207. The number of carbonyl (C=O) groups excluding carboxylic acids is 2. The average molecular weight is 220 g/mol. The normalized spacial score (nSPS) is 15.8. The summed E-state index contributed by atoms with van der Waals surface area (Å²) in [4.78, 5) is 24.5. The van der Waals surface area contributed by atoms with Crippen LogP contribution >= 0.6 is 0 Å². The van der Waals surface area contributed by atoms with Crippen molar-refractivity contribution in [3.63, 3.8) is 0 Å². The molecule has 1 fully saturated rings. The highest BCUT2D eigenvalue weighted by Gasteiger charge is 2.21. The van der Waals surface area contributed by atoms with Crippen molar-refractivity contribution >= 4 is 11.8 Å². The molecule has 2 amide bonds. The monoisotopic (exact) mass is 220 g/mol. The van der Waals surface area contributed by atoms with Crippen LogP contribution < -0.4 is 5.32 Å². The van der Waals surface area contributed by atoms with E-state index in [2.05, 4.69) is 5.32 Å². The van der Waals surface area contributed by atoms with E-state index in [1.165, 1.54) is 17.0 Å². The third-order valence-electron chi connectivity index (χ3n) is 2.44. The standard InChI is InChI=1S/C11H12N2O3/c14-9-3-1-8(2-4-9)11(16)13-6-5-12-10(15)7-13/h1-4,14H,5-7H2,(H,12,15). The molecule has 16 heavy (non-hydrogen) atoms. The zero-order valence-corrected chi connectivity index (χ0v) is 8.64. The Morgan fingerprint density at radius 2 is 2.00 bits per heavy atom. The van der Waals surface area contributed by atoms with Crippen LogP contribution in [0.5, 0.6) is 5.75 Å². The number of nitrogens with zero attached hydrogens (tertiary/aromatic N) is 1. The Morgan fingerprint density at radius 3 is 2.62 bits per heavy atom. The second-order valence-corrected chi connectivity index (χ2v) is 3.62. The highest BCUT2D eigenvalue weighted by Crippen LogP contribution is 2.12. The molecule has 0 saturated carbocycles. The molecule has 0 bridgehead atoms. The van der Waals surface area contributed by atoms with Crippen molar-refractivity contribution in [1.82, 2.24) is 10.2 Å². The van der Waals surface area contributed by atoms with E-state index in [-0.39, 0.29) is 24.1 Å². The molecule has 5 heteroatoms. The Labute approximate surface area is 92.7 Å². The first kappa shape index (κ1) is 10.5. The van der Waals surface area contributed by atoms with Gasteiger partial charge >= 0.3 is 0 Å². The van der Waals surface area contributed by atoms with Gasteiger partial charge in [-0.2, -0.15) is 0 Å². The Bertz CT molecular complexity index is 414. The lowest BCUT2D eigenvalue weighted by molar-refractivity contribution is -0.123. The summed E-state index contributed by atoms with van der Waals surface area (Å²) in [6.45, 7) is 1.10. The van der Waals surface area contributed by atoms with E-state index in [1.807, 2.05) is 0 Å². The first-order chi connectivity index (χ1) is 7.66. The Hall–Kier alpha value is -2.04. The zero-order valence-electron chi connectivity index (χ0n) is 8.64. The molecule has 0 radical (unpaired) electrons. The van der Waals surface area contributed by atoms with Gasteiger partial charge in [-0.15, -0.1) is 0 Å². The highest BCUT2D eigenvalue weighted by molar-refractivity contribution is 5.97. The van der Waals surface area contributed by atoms with Gasteiger partial charge in [0.2, 0.25) is 5.91 Å². The molecule has 1 aromatic carbocycles. The molecule has 1 saturated heterocycles. The lowest BCUT2D eigenvalue weighted by atomic mass is 10.2. The number of carbonyl (C=O) groups is 2. The molecule has 0 aliphatic carbocycles. The largest absolute Gasteiger partial charge is 0.508 e. The number of aromatic hydroxyl groups is 1. The number of hydrogen-bond acceptors (Lipinski definition) is 3. The van der Waals surface area contributed by atoms with Gasteiger partial charge in [-0.3, -0.25) is 9.59 Å². The minimum Gasteiger partial charge on any atom is -0.508 e. The number of phenols is 1. The topological polar surface area (TPSA) is 69.6 Å². The molecular formula is C11H12N2O3. The van der Waals surface area contributed by atoms with Crippen LogP contribution in [0.2, 0.25) is 0 Å². The SMILES string of the molecule is O=C1CN(C(=O)c2ccc(O)cc2)CCN1. The third-order valence-corrected chi connectivity index (χ3v) is 2.44. The summed E-state index contributed by atoms with van der Waals surface area (Å²) in [5.41, 5.74) is 0.479. The molecular weight excluding hydrogens is 208 g/mol. The molecule has 2 rings (SSSR count). The summed E-state index contributed by atoms with van der Waals surface area (Å²) in [6.07, 6.45) is 0. The van der Waals surface area contributed by atoms with Crippen LogP contribution in [0.4, 0.5) is 0 Å². The summed E-state index contributed by atoms with van der Waals surface area (Å²) in [5, 5.41) is 11.8. The molecule has 1 aliphatic heterocycles. The van der Waals surface area contributed by atoms with Gasteiger partial charge < -0.3 is 15.3 Å². The van der Waals surface area contributed by atoms with Crippen molar-refractivity contribution in [2.45, 2.75) is 0 Å². The second kappa shape index (κ2) is 4.22. The minimum absolute atomic E-state index is 0.0969. The molecule has 0 aromatic heterocycles. The summed E-state index contributed by atoms with van der Waals surface area (Å²) in [6, 6.07) is 6.00. The van der Waals surface area contributed by atoms with Crippen molar-refractivity contribution in [3.05, 3.63) is 29.8 Å². The van der Waals surface area contributed by atoms with Crippen LogP contribution in [0.25, 0.3) is 0 Å². The molecule has 0 atom stereocenters. The maximum Gasteiger partial charge on any atom is 0.254 e. The Morgan fingerprint density at radius 1 is 1.31 bits per heavy atom. The average Bonchev–Trinajstić information content (AvgIpc) is 2.29. The van der Waals surface area contributed by atoms with Gasteiger partial charge in [0.1, 0.15) is 5.75 Å². The maximum absolute atomic E-state index is 11.9. The summed E-state index contributed by atoms with van der Waals surface area (Å²) >= 11 is 0. The number of hydrogen-bond donors (Lipinski definition) is 2. The molecule has 2 N–H and O–H groups in total. The molecule has 84 valence electrons. The van der Waals surface area contributed by atoms with Gasteiger partial charge in [-0.1, -0.05) is 0 Å². The van der Waals surface area contributed by atoms with Gasteiger partial charge in [-0.05, 0) is 24.3 Å². The molecule has 5 nitrogen and oxygen atoms in total. The number of nitrogens with one attached hydrogen (secondary N) is 1. The molecule has 0 spiro atoms. The van der Waals surface area contributed by atoms with E-state index >= 15 is 0 Å². The van der Waals surface area contributed by atoms with Crippen LogP contribution in [0, 0.1) is 0 Å². The Balaban J connectivity index is 2.12. The predicted molar refractivity (Wildman–Crippen MR) is 57.0 cm³/mol. The summed E-state index contributed by atoms with van der Waals surface area (Å²) in [7, 11) is 0. The predicted octanol–water partition coefficient (Wildman–Crippen LogP) is -0.0358. The number of phenolic OH excluding ortho intramolecular Hbond substituents is 1. The van der Waals surface area contributed by atoms with E-state index in [0.29, 0.717) is 18.7 Å². The van der Waals surface area contributed by atoms with Crippen molar-refractivity contribution in [2.24, 2.45) is 0 Å². The maximum atomic E-state index is 11.9. The number of rotatable bonds is 1. The van der Waals surface area contributed by atoms with E-state index in [1.54, 1.807) is 12.1 Å². The van der Waals surface area contributed by atoms with Gasteiger partial charge in [-0.25, -0.2) is 0 Å². The van der Waals surface area contributed by atoms with Crippen LogP contribution in [0.15, 0.2) is 24.3 Å². The van der Waals surface area contributed by atoms with E-state index < -0.39 is 0 Å². The summed E-state index contributed by atoms with van der Waals surface area (Å²) < 4.78 is 0. The lowest BCUT2D eigenvalue weighted by Crippen LogP contribution is -2.49. The smallest absolute Gasteiger partial charge is 0.254 e. The fourth-order valence-corrected chi connectivity index (χ4v) is 1.60. The molecule has 1 heterocycles. The molecule has 1 aromatic rings. The van der Waals surface area contributed by atoms with Crippen LogP contribution in [-0.2, 0) is 4.79 Å². The van der Waals surface area contributed by atoms with Crippen molar-refractivity contribution < 1.29 is 14.7 Å². The molecule has 1 aliphatic rings. The minimum atomic E-state index is -0.185. The van der Waals surface area contributed by atoms with Crippen LogP contribution in [-0.4, -0.2) is 41.5 Å². The number of benzene rings is 1. The van der Waals surface area contributed by atoms with Crippen molar-refractivity contribution in [3.8, 4) is 5.75 Å².